The van der Waals surface area contributed by atoms with Crippen molar-refractivity contribution in [3.63, 3.8) is 0 Å². The molecular formula is C15H21F2OSi. The Morgan fingerprint density at radius 3 is 2.32 bits per heavy atom. The maximum Gasteiger partial charge on any atom is 0.247 e. The Morgan fingerprint density at radius 1 is 1.11 bits per heavy atom. The summed E-state index contributed by atoms with van der Waals surface area (Å²) in [5, 5.41) is 0. The Kier molecular flexibility index (Phi) is 6.65. The quantitative estimate of drug-likeness (QED) is 0.509. The van der Waals surface area contributed by atoms with Crippen molar-refractivity contribution in [3.05, 3.63) is 35.4 Å². The Bertz CT molecular complexity index is 383. The molecule has 0 bridgehead atoms. The van der Waals surface area contributed by atoms with Crippen molar-refractivity contribution in [2.75, 3.05) is 0 Å². The summed E-state index contributed by atoms with van der Waals surface area (Å²) < 4.78 is 31.2. The van der Waals surface area contributed by atoms with Gasteiger partial charge in [-0.25, -0.2) is 8.78 Å². The minimum Gasteiger partial charge on any atom is -0.413 e. The van der Waals surface area contributed by atoms with Gasteiger partial charge < -0.3 is 4.43 Å². The molecule has 0 saturated heterocycles. The summed E-state index contributed by atoms with van der Waals surface area (Å²) in [5.74, 6) is -1.55. The largest absolute Gasteiger partial charge is 0.413 e. The number of rotatable bonds is 8. The first-order valence-electron chi connectivity index (χ1n) is 6.85. The minimum absolute atomic E-state index is 0.106. The average molecular weight is 283 g/mol. The van der Waals surface area contributed by atoms with Gasteiger partial charge in [-0.05, 0) is 49.8 Å². The van der Waals surface area contributed by atoms with Gasteiger partial charge in [0.15, 0.2) is 11.6 Å². The number of halogens is 2. The highest BCUT2D eigenvalue weighted by molar-refractivity contribution is 5.98. The van der Waals surface area contributed by atoms with Crippen LogP contribution in [0.25, 0.3) is 0 Å². The molecule has 0 N–H and O–H groups in total. The Morgan fingerprint density at radius 2 is 1.79 bits per heavy atom. The van der Waals surface area contributed by atoms with E-state index in [0.717, 1.165) is 44.1 Å². The van der Waals surface area contributed by atoms with Crippen LogP contribution in [0.4, 0.5) is 8.78 Å². The second-order valence-corrected chi connectivity index (χ2v) is 5.15. The van der Waals surface area contributed by atoms with Crippen molar-refractivity contribution in [1.82, 2.24) is 0 Å². The van der Waals surface area contributed by atoms with E-state index >= 15 is 0 Å². The fourth-order valence-electron chi connectivity index (χ4n) is 2.27. The molecule has 0 spiro atoms. The van der Waals surface area contributed by atoms with Crippen LogP contribution in [-0.2, 0) is 10.8 Å². The normalized spacial score (nSPS) is 11.8. The highest BCUT2D eigenvalue weighted by Crippen LogP contribution is 2.26. The molecule has 19 heavy (non-hydrogen) atoms. The lowest BCUT2D eigenvalue weighted by Gasteiger charge is -2.30. The molecule has 0 saturated carbocycles. The highest BCUT2D eigenvalue weighted by atomic mass is 28.2. The van der Waals surface area contributed by atoms with Gasteiger partial charge in [0.25, 0.3) is 0 Å². The van der Waals surface area contributed by atoms with Crippen LogP contribution >= 0.6 is 0 Å². The van der Waals surface area contributed by atoms with Crippen LogP contribution in [0.1, 0.15) is 51.5 Å². The zero-order valence-electron chi connectivity index (χ0n) is 11.6. The zero-order chi connectivity index (χ0) is 14.3. The third-order valence-corrected chi connectivity index (χ3v) is 4.27. The average Bonchev–Trinajstić information content (AvgIpc) is 2.44. The molecule has 3 radical (unpaired) electrons. The fourth-order valence-corrected chi connectivity index (χ4v) is 2.66. The molecule has 1 nitrogen and oxygen atoms in total. The summed E-state index contributed by atoms with van der Waals surface area (Å²) in [6.07, 6.45) is 5.60. The molecule has 1 rings (SSSR count). The summed E-state index contributed by atoms with van der Waals surface area (Å²) in [4.78, 5) is 0. The number of benzene rings is 1. The Balaban J connectivity index is 2.40. The van der Waals surface area contributed by atoms with Crippen molar-refractivity contribution in [3.8, 4) is 0 Å². The molecule has 0 aromatic heterocycles. The van der Waals surface area contributed by atoms with Crippen molar-refractivity contribution in [1.29, 1.82) is 0 Å². The molecular weight excluding hydrogens is 262 g/mol. The van der Waals surface area contributed by atoms with Crippen LogP contribution in [-0.4, -0.2) is 16.1 Å². The van der Waals surface area contributed by atoms with E-state index < -0.39 is 11.6 Å². The van der Waals surface area contributed by atoms with E-state index in [1.54, 1.807) is 6.07 Å². The predicted molar refractivity (Wildman–Crippen MR) is 74.1 cm³/mol. The van der Waals surface area contributed by atoms with Gasteiger partial charge in [0.05, 0.1) is 5.60 Å². The van der Waals surface area contributed by atoms with Crippen LogP contribution in [0.2, 0.25) is 0 Å². The lowest BCUT2D eigenvalue weighted by molar-refractivity contribution is 0.0585. The van der Waals surface area contributed by atoms with Crippen molar-refractivity contribution < 1.29 is 13.2 Å². The second-order valence-electron chi connectivity index (χ2n) is 4.95. The third-order valence-electron chi connectivity index (χ3n) is 3.84. The predicted octanol–water partition coefficient (Wildman–Crippen LogP) is 4.34. The highest BCUT2D eigenvalue weighted by Gasteiger charge is 2.23. The van der Waals surface area contributed by atoms with Gasteiger partial charge in [0, 0.05) is 0 Å². The Hall–Kier alpha value is -0.743. The van der Waals surface area contributed by atoms with E-state index in [0.29, 0.717) is 0 Å². The van der Waals surface area contributed by atoms with Gasteiger partial charge in [-0.1, -0.05) is 26.3 Å². The van der Waals surface area contributed by atoms with E-state index in [9.17, 15) is 8.78 Å². The van der Waals surface area contributed by atoms with E-state index in [-0.39, 0.29) is 5.60 Å². The summed E-state index contributed by atoms with van der Waals surface area (Å²) in [5.41, 5.74) is 0.738. The molecule has 1 aromatic carbocycles. The lowest BCUT2D eigenvalue weighted by atomic mass is 9.90. The first-order chi connectivity index (χ1) is 9.06. The maximum absolute atomic E-state index is 13.0. The molecule has 105 valence electrons. The monoisotopic (exact) mass is 283 g/mol. The number of unbranched alkanes of at least 4 members (excludes halogenated alkanes) is 1. The van der Waals surface area contributed by atoms with Crippen molar-refractivity contribution in [2.24, 2.45) is 0 Å². The number of aryl methyl sites for hydroxylation is 1. The topological polar surface area (TPSA) is 9.23 Å². The van der Waals surface area contributed by atoms with Crippen LogP contribution in [0.3, 0.4) is 0 Å². The van der Waals surface area contributed by atoms with Crippen molar-refractivity contribution >= 4 is 10.5 Å². The molecule has 0 heterocycles. The van der Waals surface area contributed by atoms with Gasteiger partial charge in [-0.3, -0.25) is 0 Å². The summed E-state index contributed by atoms with van der Waals surface area (Å²) in [6.45, 7) is 4.22. The van der Waals surface area contributed by atoms with E-state index in [4.69, 9.17) is 4.43 Å². The Labute approximate surface area is 117 Å². The molecule has 0 aliphatic heterocycles. The molecule has 0 aliphatic rings. The van der Waals surface area contributed by atoms with Gasteiger partial charge in [-0.15, -0.1) is 0 Å². The lowest BCUT2D eigenvalue weighted by Crippen LogP contribution is -2.30. The van der Waals surface area contributed by atoms with Gasteiger partial charge in [0.1, 0.15) is 0 Å². The summed E-state index contributed by atoms with van der Waals surface area (Å²) in [6, 6.07) is 4.11. The molecule has 0 atom stereocenters. The molecule has 4 heteroatoms. The zero-order valence-corrected chi connectivity index (χ0v) is 12.6. The number of hydrogen-bond acceptors (Lipinski definition) is 1. The van der Waals surface area contributed by atoms with Gasteiger partial charge in [0.2, 0.25) is 10.5 Å². The maximum atomic E-state index is 13.0. The molecule has 1 aromatic rings. The smallest absolute Gasteiger partial charge is 0.247 e. The number of hydrogen-bond donors (Lipinski definition) is 0. The first kappa shape index (κ1) is 16.3. The van der Waals surface area contributed by atoms with Crippen LogP contribution < -0.4 is 0 Å². The van der Waals surface area contributed by atoms with Crippen molar-refractivity contribution in [2.45, 2.75) is 58.0 Å². The molecule has 0 amide bonds. The standard InChI is InChI=1S/C15H21F2OSi/c1-3-15(4-2,18-19)10-6-5-7-12-8-9-13(16)14(17)11-12/h8-9,11H,3-7,10H2,1-2H3. The minimum atomic E-state index is -0.785. The summed E-state index contributed by atoms with van der Waals surface area (Å²) in [7, 11) is 3.17. The van der Waals surface area contributed by atoms with Gasteiger partial charge in [-0.2, -0.15) is 0 Å². The molecule has 0 fully saturated rings. The first-order valence-corrected chi connectivity index (χ1v) is 7.26. The molecule has 0 unspecified atom stereocenters. The SMILES string of the molecule is CCC(CC)(CCCCc1ccc(F)c(F)c1)O[Si]. The van der Waals surface area contributed by atoms with Crippen LogP contribution in [0, 0.1) is 11.6 Å². The van der Waals surface area contributed by atoms with E-state index in [1.165, 1.54) is 12.1 Å². The van der Waals surface area contributed by atoms with Gasteiger partial charge >= 0.3 is 0 Å². The van der Waals surface area contributed by atoms with Crippen LogP contribution in [0.5, 0.6) is 0 Å². The molecule has 0 aliphatic carbocycles. The van der Waals surface area contributed by atoms with E-state index in [1.807, 2.05) is 0 Å². The van der Waals surface area contributed by atoms with E-state index in [2.05, 4.69) is 24.3 Å². The second kappa shape index (κ2) is 7.75. The summed E-state index contributed by atoms with van der Waals surface area (Å²) >= 11 is 0. The van der Waals surface area contributed by atoms with Crippen LogP contribution in [0.15, 0.2) is 18.2 Å². The third kappa shape index (κ3) is 4.69. The fraction of sp³-hybridized carbons (Fsp3) is 0.600.